The van der Waals surface area contributed by atoms with E-state index in [-0.39, 0.29) is 29.6 Å². The average Bonchev–Trinajstić information content (AvgIpc) is 2.19. The van der Waals surface area contributed by atoms with E-state index in [1.54, 1.807) is 0 Å². The van der Waals surface area contributed by atoms with Crippen LogP contribution in [0.2, 0.25) is 0 Å². The minimum absolute atomic E-state index is 0. The summed E-state index contributed by atoms with van der Waals surface area (Å²) in [5, 5.41) is 0. The molecule has 1 radical (unpaired) electrons. The van der Waals surface area contributed by atoms with Gasteiger partial charge < -0.3 is 78.3 Å². The predicted molar refractivity (Wildman–Crippen MR) is 106 cm³/mol. The van der Waals surface area contributed by atoms with E-state index in [9.17, 15) is 36.5 Å². The van der Waals surface area contributed by atoms with Crippen LogP contribution in [-0.2, 0) is 53.8 Å². The van der Waals surface area contributed by atoms with Gasteiger partial charge in [0, 0.05) is 29.6 Å². The maximum atomic E-state index is 9.63. The molecular formula is H16NaO28P8. The zero-order valence-corrected chi connectivity index (χ0v) is 25.8. The summed E-state index contributed by atoms with van der Waals surface area (Å²) in [6.07, 6.45) is 0. The van der Waals surface area contributed by atoms with Gasteiger partial charge in [0.2, 0.25) is 0 Å². The van der Waals surface area contributed by atoms with Gasteiger partial charge in [0.15, 0.2) is 0 Å². The van der Waals surface area contributed by atoms with Crippen LogP contribution in [0.15, 0.2) is 0 Å². The second kappa shape index (κ2) is 17.9. The normalized spacial score (nSPS) is 13.4. The van der Waals surface area contributed by atoms with Gasteiger partial charge in [-0.1, -0.05) is 0 Å². The van der Waals surface area contributed by atoms with E-state index < -0.39 is 62.6 Å². The van der Waals surface area contributed by atoms with Gasteiger partial charge >= 0.3 is 62.6 Å². The Bertz CT molecular complexity index is 764. The molecule has 0 aliphatic heterocycles. The summed E-state index contributed by atoms with van der Waals surface area (Å²) < 4.78 is 88.8. The molecule has 0 atom stereocenters. The van der Waals surface area contributed by atoms with E-state index in [0.717, 1.165) is 0 Å². The third-order valence-corrected chi connectivity index (χ3v) is 7.66. The zero-order valence-electron chi connectivity index (χ0n) is 16.6. The minimum Gasteiger partial charge on any atom is -0.302 e. The van der Waals surface area contributed by atoms with Crippen LogP contribution in [0.4, 0.5) is 0 Å². The molecule has 0 saturated carbocycles. The molecule has 0 fully saturated rings. The molecule has 0 aliphatic rings. The molecule has 28 nitrogen and oxygen atoms in total. The Hall–Kier alpha value is 2.04. The number of phosphoric acid groups is 8. The van der Waals surface area contributed by atoms with Crippen molar-refractivity contribution in [2.75, 3.05) is 0 Å². The van der Waals surface area contributed by atoms with Gasteiger partial charge in [-0.05, 0) is 0 Å². The minimum atomic E-state index is -5.05. The van der Waals surface area contributed by atoms with Crippen LogP contribution in [0, 0.1) is 0 Å². The SMILES string of the molecule is O=P(O)(O)OP(=O)(O)O.O=P(O)(O)OP(=O)(O)O.O=P(O)(O)OP(=O)(O)O.O=P(O)(O)OP(=O)(O)O.[Na]. The molecule has 16 N–H and O–H groups in total. The molecule has 0 bridgehead atoms. The standard InChI is InChI=1S/Na.4H4O7P2/c;4*1-8(2,3)7-9(4,5)6/h;4*(H2,1,2,3)(H2,4,5,6). The quantitative estimate of drug-likeness (QED) is 0.0844. The summed E-state index contributed by atoms with van der Waals surface area (Å²) in [4.78, 5) is 124. The number of rotatable bonds is 8. The molecular weight excluding hydrogens is 719 g/mol. The molecule has 0 aromatic heterocycles. The van der Waals surface area contributed by atoms with Crippen LogP contribution in [0.3, 0.4) is 0 Å². The van der Waals surface area contributed by atoms with Crippen molar-refractivity contribution in [3.05, 3.63) is 0 Å². The van der Waals surface area contributed by atoms with Crippen LogP contribution in [0.1, 0.15) is 0 Å². The molecule has 0 aromatic rings. The number of hydrogen-bond donors (Lipinski definition) is 16. The molecule has 225 valence electrons. The third-order valence-electron chi connectivity index (χ3n) is 0.851. The van der Waals surface area contributed by atoms with Crippen LogP contribution in [0.25, 0.3) is 0 Å². The average molecular weight is 735 g/mol. The van der Waals surface area contributed by atoms with Gasteiger partial charge in [0.25, 0.3) is 0 Å². The first-order valence-corrected chi connectivity index (χ1v) is 18.4. The van der Waals surface area contributed by atoms with Crippen molar-refractivity contribution in [2.24, 2.45) is 0 Å². The van der Waals surface area contributed by atoms with E-state index in [0.29, 0.717) is 0 Å². The molecule has 37 heteroatoms. The molecule has 0 aliphatic carbocycles. The summed E-state index contributed by atoms with van der Waals surface area (Å²) in [7, 11) is -40.4. The Morgan fingerprint density at radius 2 is 0.297 bits per heavy atom. The second-order valence-electron chi connectivity index (χ2n) is 4.25. The van der Waals surface area contributed by atoms with Gasteiger partial charge in [-0.15, -0.1) is 0 Å². The van der Waals surface area contributed by atoms with Crippen LogP contribution in [0.5, 0.6) is 0 Å². The van der Waals surface area contributed by atoms with Gasteiger partial charge in [-0.2, -0.15) is 17.2 Å². The smallest absolute Gasteiger partial charge is 0.302 e. The first kappa shape index (κ1) is 48.8. The van der Waals surface area contributed by atoms with Gasteiger partial charge in [0.05, 0.1) is 0 Å². The van der Waals surface area contributed by atoms with Crippen LogP contribution in [-0.4, -0.2) is 108 Å². The number of hydrogen-bond acceptors (Lipinski definition) is 12. The van der Waals surface area contributed by atoms with E-state index in [2.05, 4.69) is 17.2 Å². The predicted octanol–water partition coefficient (Wildman–Crippen LogP) is -3.63. The first-order chi connectivity index (χ1) is 14.8. The van der Waals surface area contributed by atoms with Crippen molar-refractivity contribution in [1.29, 1.82) is 0 Å². The Labute approximate surface area is 223 Å². The van der Waals surface area contributed by atoms with Crippen molar-refractivity contribution in [1.82, 2.24) is 0 Å². The summed E-state index contributed by atoms with van der Waals surface area (Å²) in [6, 6.07) is 0. The topological polar surface area (TPSA) is 497 Å². The monoisotopic (exact) mass is 735 g/mol. The zero-order chi connectivity index (χ0) is 30.8. The molecule has 0 unspecified atom stereocenters. The van der Waals surface area contributed by atoms with E-state index in [1.807, 2.05) is 0 Å². The molecule has 0 rings (SSSR count). The van der Waals surface area contributed by atoms with Crippen molar-refractivity contribution in [3.63, 3.8) is 0 Å². The molecule has 0 aromatic carbocycles. The molecule has 37 heavy (non-hydrogen) atoms. The van der Waals surface area contributed by atoms with Crippen molar-refractivity contribution in [2.45, 2.75) is 0 Å². The van der Waals surface area contributed by atoms with Crippen LogP contribution < -0.4 is 0 Å². The Morgan fingerprint density at radius 1 is 0.243 bits per heavy atom. The van der Waals surface area contributed by atoms with Crippen molar-refractivity contribution < 1.29 is 132 Å². The Morgan fingerprint density at radius 3 is 0.297 bits per heavy atom. The fourth-order valence-electron chi connectivity index (χ4n) is 0.554. The first-order valence-electron chi connectivity index (χ1n) is 6.12. The van der Waals surface area contributed by atoms with Crippen LogP contribution >= 0.6 is 62.6 Å². The van der Waals surface area contributed by atoms with E-state index >= 15 is 0 Å². The second-order valence-corrected chi connectivity index (χ2v) is 14.7. The summed E-state index contributed by atoms with van der Waals surface area (Å²) >= 11 is 0. The Balaban J connectivity index is -0.000000122. The third kappa shape index (κ3) is 72.9. The molecule has 0 heterocycles. The summed E-state index contributed by atoms with van der Waals surface area (Å²) in [5.74, 6) is 0. The van der Waals surface area contributed by atoms with Gasteiger partial charge in [0.1, 0.15) is 0 Å². The Kier molecular flexibility index (Phi) is 23.5. The van der Waals surface area contributed by atoms with Gasteiger partial charge in [-0.3, -0.25) is 0 Å². The molecule has 0 spiro atoms. The van der Waals surface area contributed by atoms with E-state index in [1.165, 1.54) is 0 Å². The molecule has 0 amide bonds. The fourth-order valence-corrected chi connectivity index (χ4v) is 4.99. The van der Waals surface area contributed by atoms with E-state index in [4.69, 9.17) is 78.3 Å². The fraction of sp³-hybridized carbons (Fsp3) is 0. The van der Waals surface area contributed by atoms with Gasteiger partial charge in [-0.25, -0.2) is 36.5 Å². The summed E-state index contributed by atoms with van der Waals surface area (Å²) in [6.45, 7) is 0. The molecule has 0 saturated heterocycles. The maximum absolute atomic E-state index is 9.63. The summed E-state index contributed by atoms with van der Waals surface area (Å²) in [5.41, 5.74) is 0. The van der Waals surface area contributed by atoms with Crippen molar-refractivity contribution >= 4 is 92.1 Å². The maximum Gasteiger partial charge on any atom is 0.478 e. The van der Waals surface area contributed by atoms with Crippen molar-refractivity contribution in [3.8, 4) is 0 Å². The largest absolute Gasteiger partial charge is 0.478 e.